The minimum atomic E-state index is -3.87. The number of halogens is 3. The van der Waals surface area contributed by atoms with Crippen molar-refractivity contribution in [3.05, 3.63) is 49.9 Å². The summed E-state index contributed by atoms with van der Waals surface area (Å²) in [5.41, 5.74) is 1.61. The molecule has 2 fully saturated rings. The first-order valence-electron chi connectivity index (χ1n) is 14.4. The molecule has 1 aromatic carbocycles. The maximum Gasteiger partial charge on any atom is 0.245 e. The van der Waals surface area contributed by atoms with Gasteiger partial charge in [-0.25, -0.2) is 12.8 Å². The summed E-state index contributed by atoms with van der Waals surface area (Å²) in [6.07, 6.45) is 2.78. The van der Waals surface area contributed by atoms with Crippen molar-refractivity contribution in [3.63, 3.8) is 0 Å². The molecule has 2 saturated heterocycles. The number of rotatable bonds is 12. The molecule has 2 amide bonds. The van der Waals surface area contributed by atoms with Crippen LogP contribution in [0.4, 0.5) is 4.39 Å². The van der Waals surface area contributed by atoms with E-state index < -0.39 is 22.0 Å². The summed E-state index contributed by atoms with van der Waals surface area (Å²) >= 11 is 13.2. The zero-order chi connectivity index (χ0) is 30.6. The van der Waals surface area contributed by atoms with Crippen LogP contribution in [0.2, 0.25) is 8.67 Å². The summed E-state index contributed by atoms with van der Waals surface area (Å²) in [7, 11) is -3.87. The average Bonchev–Trinajstić information content (AvgIpc) is 3.48. The van der Waals surface area contributed by atoms with Gasteiger partial charge in [0.1, 0.15) is 15.0 Å². The molecule has 8 nitrogen and oxygen atoms in total. The predicted molar refractivity (Wildman–Crippen MR) is 165 cm³/mol. The number of hydrogen-bond donors (Lipinski definition) is 2. The lowest BCUT2D eigenvalue weighted by Gasteiger charge is -2.35. The molecule has 2 aliphatic rings. The quantitative estimate of drug-likeness (QED) is 0.332. The normalized spacial score (nSPS) is 20.8. The highest BCUT2D eigenvalue weighted by Gasteiger charge is 2.37. The van der Waals surface area contributed by atoms with E-state index in [1.165, 1.54) is 22.5 Å². The zero-order valence-corrected chi connectivity index (χ0v) is 27.3. The van der Waals surface area contributed by atoms with Crippen molar-refractivity contribution in [2.75, 3.05) is 32.7 Å². The summed E-state index contributed by atoms with van der Waals surface area (Å²) in [6.45, 7) is 7.92. The second kappa shape index (κ2) is 14.3. The van der Waals surface area contributed by atoms with E-state index in [0.29, 0.717) is 36.8 Å². The molecule has 0 aliphatic carbocycles. The molecule has 0 radical (unpaired) electrons. The Balaban J connectivity index is 1.52. The minimum absolute atomic E-state index is 0.0100. The standard InChI is InChI=1S/C29H39Cl2FN4O4S2/c1-4-5-7-35-16-21(13-27(35)37)29(38)34-23(11-19-9-20(18(2)3)12-22(32)10-19)14-24-17-36(8-6-33-24)42(39,40)25-15-26(30)41-28(25)31/h9-10,12,15,18,21,23-24,33H,4-8,11,13-14,16-17H2,1-3H3,(H,34,38)/t21?,23?,24-/m0/s1. The SMILES string of the molecule is CCCCN1CC(C(=O)NC(Cc2cc(F)cc(C(C)C)c2)C[C@H]2CN(S(=O)(=O)c3cc(Cl)sc3Cl)CCN2)CC1=O. The fourth-order valence-electron chi connectivity index (χ4n) is 5.59. The number of likely N-dealkylation sites (tertiary alicyclic amines) is 1. The summed E-state index contributed by atoms with van der Waals surface area (Å²) in [5, 5.41) is 6.51. The average molecular weight is 662 g/mol. The number of piperazine rings is 1. The lowest BCUT2D eigenvalue weighted by Crippen LogP contribution is -2.55. The van der Waals surface area contributed by atoms with Gasteiger partial charge in [0.2, 0.25) is 21.8 Å². The number of carbonyl (C=O) groups excluding carboxylic acids is 2. The number of hydrogen-bond acceptors (Lipinski definition) is 6. The van der Waals surface area contributed by atoms with Crippen LogP contribution < -0.4 is 10.6 Å². The van der Waals surface area contributed by atoms with Crippen LogP contribution in [-0.2, 0) is 26.0 Å². The van der Waals surface area contributed by atoms with Crippen LogP contribution in [0.5, 0.6) is 0 Å². The van der Waals surface area contributed by atoms with Crippen LogP contribution in [-0.4, -0.2) is 74.2 Å². The van der Waals surface area contributed by atoms with E-state index in [1.807, 2.05) is 19.9 Å². The second-order valence-electron chi connectivity index (χ2n) is 11.5. The van der Waals surface area contributed by atoms with E-state index in [-0.39, 0.29) is 58.3 Å². The van der Waals surface area contributed by atoms with E-state index in [9.17, 15) is 22.4 Å². The molecule has 0 bridgehead atoms. The van der Waals surface area contributed by atoms with Crippen molar-refractivity contribution in [3.8, 4) is 0 Å². The Morgan fingerprint density at radius 3 is 2.64 bits per heavy atom. The van der Waals surface area contributed by atoms with Crippen LogP contribution in [0.1, 0.15) is 63.5 Å². The van der Waals surface area contributed by atoms with Crippen LogP contribution >= 0.6 is 34.5 Å². The fraction of sp³-hybridized carbons (Fsp3) is 0.586. The number of nitrogens with one attached hydrogen (secondary N) is 2. The van der Waals surface area contributed by atoms with Crippen molar-refractivity contribution in [2.24, 2.45) is 5.92 Å². The van der Waals surface area contributed by atoms with E-state index in [4.69, 9.17) is 23.2 Å². The first kappa shape index (κ1) is 33.1. The Labute approximate surface area is 262 Å². The van der Waals surface area contributed by atoms with Gasteiger partial charge in [-0.2, -0.15) is 4.31 Å². The molecule has 2 unspecified atom stereocenters. The molecule has 0 spiro atoms. The van der Waals surface area contributed by atoms with Gasteiger partial charge in [0.25, 0.3) is 0 Å². The maximum atomic E-state index is 14.5. The number of nitrogens with zero attached hydrogens (tertiary/aromatic N) is 2. The van der Waals surface area contributed by atoms with Gasteiger partial charge < -0.3 is 15.5 Å². The number of carbonyl (C=O) groups is 2. The Morgan fingerprint density at radius 2 is 1.98 bits per heavy atom. The van der Waals surface area contributed by atoms with Crippen molar-refractivity contribution in [2.45, 2.75) is 75.8 Å². The van der Waals surface area contributed by atoms with Crippen molar-refractivity contribution in [1.82, 2.24) is 19.8 Å². The Hall–Kier alpha value is -1.76. The first-order chi connectivity index (χ1) is 19.9. The topological polar surface area (TPSA) is 98.8 Å². The zero-order valence-electron chi connectivity index (χ0n) is 24.2. The predicted octanol–water partition coefficient (Wildman–Crippen LogP) is 5.05. The van der Waals surface area contributed by atoms with Crippen LogP contribution in [0, 0.1) is 11.7 Å². The fourth-order valence-corrected chi connectivity index (χ4v) is 9.19. The van der Waals surface area contributed by atoms with E-state index in [0.717, 1.165) is 35.3 Å². The van der Waals surface area contributed by atoms with Gasteiger partial charge in [-0.1, -0.05) is 56.5 Å². The molecule has 4 rings (SSSR count). The first-order valence-corrected chi connectivity index (χ1v) is 17.4. The molecule has 1 aromatic heterocycles. The second-order valence-corrected chi connectivity index (χ2v) is 15.7. The van der Waals surface area contributed by atoms with Crippen LogP contribution in [0.3, 0.4) is 0 Å². The number of sulfonamides is 1. The lowest BCUT2D eigenvalue weighted by atomic mass is 9.94. The summed E-state index contributed by atoms with van der Waals surface area (Å²) in [6, 6.07) is 5.61. The third kappa shape index (κ3) is 8.24. The molecular formula is C29H39Cl2FN4O4S2. The minimum Gasteiger partial charge on any atom is -0.353 e. The molecule has 3 heterocycles. The monoisotopic (exact) mass is 660 g/mol. The van der Waals surface area contributed by atoms with Gasteiger partial charge in [-0.3, -0.25) is 9.59 Å². The van der Waals surface area contributed by atoms with Gasteiger partial charge >= 0.3 is 0 Å². The van der Waals surface area contributed by atoms with E-state index in [1.54, 1.807) is 4.90 Å². The molecule has 42 heavy (non-hydrogen) atoms. The molecule has 232 valence electrons. The largest absolute Gasteiger partial charge is 0.353 e. The Kier molecular flexibility index (Phi) is 11.3. The third-order valence-corrected chi connectivity index (χ3v) is 11.5. The van der Waals surface area contributed by atoms with Crippen LogP contribution in [0.25, 0.3) is 0 Å². The molecule has 2 aliphatic heterocycles. The Morgan fingerprint density at radius 1 is 1.21 bits per heavy atom. The number of unbranched alkanes of at least 4 members (excludes halogenated alkanes) is 1. The van der Waals surface area contributed by atoms with Crippen LogP contribution in [0.15, 0.2) is 29.2 Å². The van der Waals surface area contributed by atoms with Gasteiger partial charge in [-0.15, -0.1) is 11.3 Å². The van der Waals surface area contributed by atoms with Crippen molar-refractivity contribution < 1.29 is 22.4 Å². The maximum absolute atomic E-state index is 14.5. The highest BCUT2D eigenvalue weighted by Crippen LogP contribution is 2.36. The molecule has 2 N–H and O–H groups in total. The molecule has 13 heteroatoms. The number of amides is 2. The molecular weight excluding hydrogens is 622 g/mol. The Bertz CT molecular complexity index is 1390. The smallest absolute Gasteiger partial charge is 0.245 e. The molecule has 3 atom stereocenters. The molecule has 0 saturated carbocycles. The highest BCUT2D eigenvalue weighted by molar-refractivity contribution is 7.89. The van der Waals surface area contributed by atoms with E-state index in [2.05, 4.69) is 17.6 Å². The van der Waals surface area contributed by atoms with Gasteiger partial charge in [0.05, 0.1) is 10.3 Å². The number of thiophene rings is 1. The van der Waals surface area contributed by atoms with E-state index >= 15 is 0 Å². The van der Waals surface area contributed by atoms with Crippen molar-refractivity contribution >= 4 is 56.4 Å². The summed E-state index contributed by atoms with van der Waals surface area (Å²) in [5.74, 6) is -0.908. The lowest BCUT2D eigenvalue weighted by molar-refractivity contribution is -0.129. The summed E-state index contributed by atoms with van der Waals surface area (Å²) in [4.78, 5) is 27.7. The van der Waals surface area contributed by atoms with Crippen molar-refractivity contribution in [1.29, 1.82) is 0 Å². The number of benzene rings is 1. The van der Waals surface area contributed by atoms with Gasteiger partial charge in [-0.05, 0) is 54.5 Å². The third-order valence-electron chi connectivity index (χ3n) is 7.87. The van der Waals surface area contributed by atoms with Gasteiger partial charge in [0, 0.05) is 51.2 Å². The highest BCUT2D eigenvalue weighted by atomic mass is 35.5. The van der Waals surface area contributed by atoms with Gasteiger partial charge in [0.15, 0.2) is 0 Å². The molecule has 2 aromatic rings. The summed E-state index contributed by atoms with van der Waals surface area (Å²) < 4.78 is 43.1.